The second kappa shape index (κ2) is 5.99. The van der Waals surface area contributed by atoms with E-state index in [0.29, 0.717) is 6.54 Å². The fourth-order valence-electron chi connectivity index (χ4n) is 1.03. The lowest BCUT2D eigenvalue weighted by molar-refractivity contribution is -0.115. The predicted molar refractivity (Wildman–Crippen MR) is 63.7 cm³/mol. The molecule has 4 heteroatoms. The molecule has 78 valence electrons. The summed E-state index contributed by atoms with van der Waals surface area (Å²) in [5.41, 5.74) is 6.01. The van der Waals surface area contributed by atoms with Crippen LogP contribution in [-0.4, -0.2) is 18.2 Å². The lowest BCUT2D eigenvalue weighted by Gasteiger charge is -2.08. The van der Waals surface area contributed by atoms with Gasteiger partial charge in [0.25, 0.3) is 0 Å². The molecular weight excluding hydrogens is 208 g/mol. The Balaban J connectivity index is 2.68. The predicted octanol–water partition coefficient (Wildman–Crippen LogP) is 1.31. The number of amides is 1. The van der Waals surface area contributed by atoms with Crippen LogP contribution in [0.2, 0.25) is 0 Å². The van der Waals surface area contributed by atoms with Crippen LogP contribution in [0.1, 0.15) is 0 Å². The maximum Gasteiger partial charge on any atom is 0.227 e. The smallest absolute Gasteiger partial charge is 0.227 e. The average Bonchev–Trinajstić information content (AvgIpc) is 2.24. The third-order valence-electron chi connectivity index (χ3n) is 1.64. The zero-order chi connectivity index (χ0) is 11.1. The van der Waals surface area contributed by atoms with E-state index in [-0.39, 0.29) is 11.7 Å². The van der Waals surface area contributed by atoms with Gasteiger partial charge in [-0.05, 0) is 12.1 Å². The summed E-state index contributed by atoms with van der Waals surface area (Å²) in [7, 11) is 0. The minimum atomic E-state index is -0.327. The molecule has 1 amide bonds. The minimum absolute atomic E-state index is 0.273. The topological polar surface area (TPSA) is 55.1 Å². The SMILES string of the molecule is C#CCNc1ccccc1SCC(N)=O. The van der Waals surface area contributed by atoms with E-state index in [1.807, 2.05) is 24.3 Å². The Morgan fingerprint density at radius 2 is 2.27 bits per heavy atom. The van der Waals surface area contributed by atoms with Crippen LogP contribution in [-0.2, 0) is 4.79 Å². The average molecular weight is 220 g/mol. The Morgan fingerprint density at radius 1 is 1.53 bits per heavy atom. The summed E-state index contributed by atoms with van der Waals surface area (Å²) in [4.78, 5) is 11.6. The highest BCUT2D eigenvalue weighted by Gasteiger charge is 2.02. The summed E-state index contributed by atoms with van der Waals surface area (Å²) >= 11 is 1.40. The molecule has 0 fully saturated rings. The zero-order valence-electron chi connectivity index (χ0n) is 8.19. The largest absolute Gasteiger partial charge is 0.373 e. The van der Waals surface area contributed by atoms with Crippen LogP contribution in [0.4, 0.5) is 5.69 Å². The van der Waals surface area contributed by atoms with Gasteiger partial charge in [0.15, 0.2) is 0 Å². The summed E-state index contributed by atoms with van der Waals surface area (Å²) in [5.74, 6) is 2.44. The third-order valence-corrected chi connectivity index (χ3v) is 2.73. The summed E-state index contributed by atoms with van der Waals surface area (Å²) < 4.78 is 0. The molecule has 0 aliphatic heterocycles. The zero-order valence-corrected chi connectivity index (χ0v) is 9.01. The van der Waals surface area contributed by atoms with E-state index in [2.05, 4.69) is 11.2 Å². The Kier molecular flexibility index (Phi) is 4.58. The monoisotopic (exact) mass is 220 g/mol. The van der Waals surface area contributed by atoms with Crippen LogP contribution in [0.25, 0.3) is 0 Å². The van der Waals surface area contributed by atoms with Crippen molar-refractivity contribution >= 4 is 23.4 Å². The van der Waals surface area contributed by atoms with Crippen LogP contribution >= 0.6 is 11.8 Å². The van der Waals surface area contributed by atoms with Crippen molar-refractivity contribution < 1.29 is 4.79 Å². The number of benzene rings is 1. The highest BCUT2D eigenvalue weighted by molar-refractivity contribution is 8.00. The molecule has 0 bridgehead atoms. The van der Waals surface area contributed by atoms with Crippen molar-refractivity contribution in [2.24, 2.45) is 5.73 Å². The van der Waals surface area contributed by atoms with Gasteiger partial charge in [0.05, 0.1) is 12.3 Å². The summed E-state index contributed by atoms with van der Waals surface area (Å²) in [6.45, 7) is 0.466. The van der Waals surface area contributed by atoms with Crippen LogP contribution in [0.15, 0.2) is 29.2 Å². The summed E-state index contributed by atoms with van der Waals surface area (Å²) in [5, 5.41) is 3.08. The van der Waals surface area contributed by atoms with Crippen molar-refractivity contribution in [3.63, 3.8) is 0 Å². The molecule has 0 aromatic heterocycles. The van der Waals surface area contributed by atoms with E-state index in [1.54, 1.807) is 0 Å². The number of hydrogen-bond donors (Lipinski definition) is 2. The van der Waals surface area contributed by atoms with E-state index in [9.17, 15) is 4.79 Å². The van der Waals surface area contributed by atoms with Gasteiger partial charge in [0, 0.05) is 10.6 Å². The number of nitrogens with two attached hydrogens (primary N) is 1. The Bertz CT molecular complexity index is 384. The van der Waals surface area contributed by atoms with Crippen LogP contribution in [0.3, 0.4) is 0 Å². The molecular formula is C11H12N2OS. The van der Waals surface area contributed by atoms with Crippen molar-refractivity contribution in [1.82, 2.24) is 0 Å². The molecule has 1 rings (SSSR count). The maximum absolute atomic E-state index is 10.6. The first-order valence-electron chi connectivity index (χ1n) is 4.41. The van der Waals surface area contributed by atoms with Crippen LogP contribution in [0, 0.1) is 12.3 Å². The number of para-hydroxylation sites is 1. The molecule has 0 aliphatic rings. The first-order valence-corrected chi connectivity index (χ1v) is 5.40. The van der Waals surface area contributed by atoms with Crippen LogP contribution < -0.4 is 11.1 Å². The Hall–Kier alpha value is -1.60. The molecule has 3 N–H and O–H groups in total. The van der Waals surface area contributed by atoms with E-state index in [1.165, 1.54) is 11.8 Å². The Morgan fingerprint density at radius 3 is 2.93 bits per heavy atom. The molecule has 0 saturated heterocycles. The lowest BCUT2D eigenvalue weighted by atomic mass is 10.3. The van der Waals surface area contributed by atoms with Gasteiger partial charge < -0.3 is 11.1 Å². The molecule has 0 heterocycles. The molecule has 15 heavy (non-hydrogen) atoms. The summed E-state index contributed by atoms with van der Waals surface area (Å²) in [6, 6.07) is 7.66. The number of primary amides is 1. The maximum atomic E-state index is 10.6. The van der Waals surface area contributed by atoms with Gasteiger partial charge in [-0.25, -0.2) is 0 Å². The molecule has 0 aliphatic carbocycles. The van der Waals surface area contributed by atoms with Gasteiger partial charge in [-0.3, -0.25) is 4.79 Å². The molecule has 0 atom stereocenters. The first kappa shape index (κ1) is 11.5. The van der Waals surface area contributed by atoms with Crippen molar-refractivity contribution in [3.05, 3.63) is 24.3 Å². The highest BCUT2D eigenvalue weighted by Crippen LogP contribution is 2.26. The number of nitrogens with one attached hydrogen (secondary N) is 1. The molecule has 0 radical (unpaired) electrons. The molecule has 1 aromatic carbocycles. The van der Waals surface area contributed by atoms with Gasteiger partial charge in [0.2, 0.25) is 5.91 Å². The van der Waals surface area contributed by atoms with E-state index >= 15 is 0 Å². The van der Waals surface area contributed by atoms with Gasteiger partial charge in [0.1, 0.15) is 0 Å². The highest BCUT2D eigenvalue weighted by atomic mass is 32.2. The summed E-state index contributed by atoms with van der Waals surface area (Å²) in [6.07, 6.45) is 5.16. The second-order valence-electron chi connectivity index (χ2n) is 2.81. The number of carbonyl (C=O) groups is 1. The van der Waals surface area contributed by atoms with Gasteiger partial charge >= 0.3 is 0 Å². The number of thioether (sulfide) groups is 1. The lowest BCUT2D eigenvalue weighted by Crippen LogP contribution is -2.13. The molecule has 1 aromatic rings. The van der Waals surface area contributed by atoms with E-state index in [4.69, 9.17) is 12.2 Å². The third kappa shape index (κ3) is 3.96. The standard InChI is InChI=1S/C11H12N2OS/c1-2-7-13-9-5-3-4-6-10(9)15-8-11(12)14/h1,3-6,13H,7-8H2,(H2,12,14). The second-order valence-corrected chi connectivity index (χ2v) is 3.83. The molecule has 0 saturated carbocycles. The van der Waals surface area contributed by atoms with E-state index in [0.717, 1.165) is 10.6 Å². The Labute approximate surface area is 93.4 Å². The fourth-order valence-corrected chi connectivity index (χ4v) is 1.80. The molecule has 3 nitrogen and oxygen atoms in total. The number of carbonyl (C=O) groups excluding carboxylic acids is 1. The molecule has 0 spiro atoms. The van der Waals surface area contributed by atoms with Crippen molar-refractivity contribution in [2.75, 3.05) is 17.6 Å². The fraction of sp³-hybridized carbons (Fsp3) is 0.182. The first-order chi connectivity index (χ1) is 7.24. The van der Waals surface area contributed by atoms with Gasteiger partial charge in [-0.2, -0.15) is 0 Å². The number of rotatable bonds is 5. The normalized spacial score (nSPS) is 9.27. The van der Waals surface area contributed by atoms with Gasteiger partial charge in [-0.15, -0.1) is 18.2 Å². The van der Waals surface area contributed by atoms with Crippen LogP contribution in [0.5, 0.6) is 0 Å². The minimum Gasteiger partial charge on any atom is -0.373 e. The quantitative estimate of drug-likeness (QED) is 0.581. The van der Waals surface area contributed by atoms with Crippen molar-refractivity contribution in [2.45, 2.75) is 4.90 Å². The van der Waals surface area contributed by atoms with Crippen molar-refractivity contribution in [1.29, 1.82) is 0 Å². The van der Waals surface area contributed by atoms with Crippen molar-refractivity contribution in [3.8, 4) is 12.3 Å². The number of terminal acetylenes is 1. The van der Waals surface area contributed by atoms with Gasteiger partial charge in [-0.1, -0.05) is 18.1 Å². The van der Waals surface area contributed by atoms with E-state index < -0.39 is 0 Å². The number of anilines is 1. The molecule has 0 unspecified atom stereocenters. The number of hydrogen-bond acceptors (Lipinski definition) is 3.